The molecule has 1 atom stereocenters. The Bertz CT molecular complexity index is 598. The number of esters is 1. The molecule has 0 aliphatic carbocycles. The van der Waals surface area contributed by atoms with E-state index in [4.69, 9.17) is 0 Å². The lowest BCUT2D eigenvalue weighted by Crippen LogP contribution is -2.39. The van der Waals surface area contributed by atoms with Gasteiger partial charge in [0.15, 0.2) is 4.90 Å². The molecule has 0 bridgehead atoms. The molecule has 0 saturated carbocycles. The van der Waals surface area contributed by atoms with E-state index < -0.39 is 37.5 Å². The first-order valence-corrected chi connectivity index (χ1v) is 6.61. The lowest BCUT2D eigenvalue weighted by Gasteiger charge is -2.12. The quantitative estimate of drug-likeness (QED) is 0.477. The van der Waals surface area contributed by atoms with Crippen LogP contribution in [0.4, 0.5) is 5.69 Å². The predicted molar refractivity (Wildman–Crippen MR) is 64.9 cm³/mol. The van der Waals surface area contributed by atoms with Crippen molar-refractivity contribution in [2.24, 2.45) is 0 Å². The second-order valence-electron chi connectivity index (χ2n) is 3.59. The third-order valence-electron chi connectivity index (χ3n) is 2.24. The molecule has 104 valence electrons. The average molecular weight is 288 g/mol. The predicted octanol–water partition coefficient (Wildman–Crippen LogP) is 0.435. The molecule has 0 unspecified atom stereocenters. The minimum atomic E-state index is -4.18. The number of nitro groups is 1. The molecule has 19 heavy (non-hydrogen) atoms. The number of nitrogens with one attached hydrogen (secondary N) is 1. The second kappa shape index (κ2) is 5.76. The van der Waals surface area contributed by atoms with E-state index in [0.717, 1.165) is 19.2 Å². The van der Waals surface area contributed by atoms with Gasteiger partial charge in [0, 0.05) is 6.07 Å². The third kappa shape index (κ3) is 3.48. The normalized spacial score (nSPS) is 12.7. The van der Waals surface area contributed by atoms with Crippen LogP contribution in [-0.4, -0.2) is 32.5 Å². The van der Waals surface area contributed by atoms with Gasteiger partial charge in [0.25, 0.3) is 5.69 Å². The van der Waals surface area contributed by atoms with Gasteiger partial charge in [-0.2, -0.15) is 4.72 Å². The van der Waals surface area contributed by atoms with Gasteiger partial charge in [-0.25, -0.2) is 8.42 Å². The van der Waals surface area contributed by atoms with Crippen LogP contribution >= 0.6 is 0 Å². The second-order valence-corrected chi connectivity index (χ2v) is 5.27. The topological polar surface area (TPSA) is 116 Å². The lowest BCUT2D eigenvalue weighted by molar-refractivity contribution is -0.387. The van der Waals surface area contributed by atoms with Crippen LogP contribution in [0.3, 0.4) is 0 Å². The van der Waals surface area contributed by atoms with Crippen molar-refractivity contribution in [2.45, 2.75) is 17.9 Å². The number of nitrogens with zero attached hydrogens (tertiary/aromatic N) is 1. The number of carbonyl (C=O) groups is 1. The van der Waals surface area contributed by atoms with Gasteiger partial charge in [-0.1, -0.05) is 12.1 Å². The molecule has 1 N–H and O–H groups in total. The van der Waals surface area contributed by atoms with Gasteiger partial charge < -0.3 is 4.74 Å². The van der Waals surface area contributed by atoms with E-state index in [1.165, 1.54) is 19.1 Å². The Labute approximate surface area is 109 Å². The molecule has 1 rings (SSSR count). The van der Waals surface area contributed by atoms with E-state index >= 15 is 0 Å². The first-order valence-electron chi connectivity index (χ1n) is 5.13. The molecule has 0 saturated heterocycles. The molecular weight excluding hydrogens is 276 g/mol. The number of para-hydroxylation sites is 1. The number of carbonyl (C=O) groups excluding carboxylic acids is 1. The average Bonchev–Trinajstić information content (AvgIpc) is 2.37. The van der Waals surface area contributed by atoms with Crippen LogP contribution < -0.4 is 4.72 Å². The number of nitro benzene ring substituents is 1. The largest absolute Gasteiger partial charge is 0.468 e. The van der Waals surface area contributed by atoms with Crippen LogP contribution in [0.25, 0.3) is 0 Å². The Kier molecular flexibility index (Phi) is 4.57. The van der Waals surface area contributed by atoms with E-state index in [2.05, 4.69) is 4.74 Å². The summed E-state index contributed by atoms with van der Waals surface area (Å²) in [5.74, 6) is -0.790. The summed E-state index contributed by atoms with van der Waals surface area (Å²) in [5, 5.41) is 10.8. The van der Waals surface area contributed by atoms with Gasteiger partial charge in [-0.15, -0.1) is 0 Å². The Morgan fingerprint density at radius 2 is 2.00 bits per heavy atom. The van der Waals surface area contributed by atoms with Crippen molar-refractivity contribution in [3.8, 4) is 0 Å². The van der Waals surface area contributed by atoms with Gasteiger partial charge in [0.2, 0.25) is 10.0 Å². The van der Waals surface area contributed by atoms with Crippen molar-refractivity contribution in [2.75, 3.05) is 7.11 Å². The van der Waals surface area contributed by atoms with Crippen LogP contribution in [0.5, 0.6) is 0 Å². The highest BCUT2D eigenvalue weighted by Gasteiger charge is 2.28. The van der Waals surface area contributed by atoms with Crippen molar-refractivity contribution < 1.29 is 22.9 Å². The molecule has 0 aliphatic rings. The highest BCUT2D eigenvalue weighted by Crippen LogP contribution is 2.22. The van der Waals surface area contributed by atoms with Crippen molar-refractivity contribution in [3.63, 3.8) is 0 Å². The lowest BCUT2D eigenvalue weighted by atomic mass is 10.3. The van der Waals surface area contributed by atoms with Crippen LogP contribution in [-0.2, 0) is 19.6 Å². The molecule has 0 aromatic heterocycles. The monoisotopic (exact) mass is 288 g/mol. The van der Waals surface area contributed by atoms with E-state index in [0.29, 0.717) is 0 Å². The maximum atomic E-state index is 12.0. The molecule has 0 radical (unpaired) electrons. The van der Waals surface area contributed by atoms with Crippen LogP contribution in [0, 0.1) is 10.1 Å². The molecule has 8 nitrogen and oxygen atoms in total. The number of ether oxygens (including phenoxy) is 1. The summed E-state index contributed by atoms with van der Waals surface area (Å²) in [6, 6.07) is 3.71. The fraction of sp³-hybridized carbons (Fsp3) is 0.300. The maximum absolute atomic E-state index is 12.0. The fourth-order valence-corrected chi connectivity index (χ4v) is 2.72. The minimum Gasteiger partial charge on any atom is -0.468 e. The number of benzene rings is 1. The van der Waals surface area contributed by atoms with Crippen LogP contribution in [0.1, 0.15) is 6.92 Å². The Hall–Kier alpha value is -2.00. The molecular formula is C10H12N2O6S. The van der Waals surface area contributed by atoms with E-state index in [-0.39, 0.29) is 0 Å². The van der Waals surface area contributed by atoms with Crippen molar-refractivity contribution in [3.05, 3.63) is 34.4 Å². The van der Waals surface area contributed by atoms with Gasteiger partial charge in [-0.05, 0) is 13.0 Å². The number of methoxy groups -OCH3 is 1. The van der Waals surface area contributed by atoms with Crippen molar-refractivity contribution >= 4 is 21.7 Å². The SMILES string of the molecule is COC(=O)[C@H](C)NS(=O)(=O)c1ccccc1[N+](=O)[O-]. The highest BCUT2D eigenvalue weighted by atomic mass is 32.2. The van der Waals surface area contributed by atoms with E-state index in [1.54, 1.807) is 0 Å². The van der Waals surface area contributed by atoms with E-state index in [1.807, 2.05) is 4.72 Å². The molecule has 0 spiro atoms. The summed E-state index contributed by atoms with van der Waals surface area (Å²) in [6.45, 7) is 1.28. The standard InChI is InChI=1S/C10H12N2O6S/c1-7(10(13)18-2)11-19(16,17)9-6-4-3-5-8(9)12(14)15/h3-7,11H,1-2H3/t7-/m0/s1. The van der Waals surface area contributed by atoms with Crippen LogP contribution in [0.2, 0.25) is 0 Å². The zero-order valence-electron chi connectivity index (χ0n) is 10.2. The first-order chi connectivity index (χ1) is 8.79. The van der Waals surface area contributed by atoms with Crippen molar-refractivity contribution in [1.82, 2.24) is 4.72 Å². The summed E-state index contributed by atoms with van der Waals surface area (Å²) in [6.07, 6.45) is 0. The van der Waals surface area contributed by atoms with E-state index in [9.17, 15) is 23.3 Å². The molecule has 0 fully saturated rings. The Balaban J connectivity index is 3.15. The summed E-state index contributed by atoms with van der Waals surface area (Å²) in [4.78, 5) is 20.6. The Morgan fingerprint density at radius 3 is 2.53 bits per heavy atom. The number of hydrogen-bond donors (Lipinski definition) is 1. The van der Waals surface area contributed by atoms with Crippen LogP contribution in [0.15, 0.2) is 29.2 Å². The number of sulfonamides is 1. The third-order valence-corrected chi connectivity index (χ3v) is 3.83. The number of hydrogen-bond acceptors (Lipinski definition) is 6. The number of rotatable bonds is 5. The zero-order valence-corrected chi connectivity index (χ0v) is 11.0. The van der Waals surface area contributed by atoms with Gasteiger partial charge in [-0.3, -0.25) is 14.9 Å². The molecule has 9 heteroatoms. The molecule has 1 aromatic rings. The Morgan fingerprint density at radius 1 is 1.42 bits per heavy atom. The first kappa shape index (κ1) is 15.1. The van der Waals surface area contributed by atoms with Gasteiger partial charge >= 0.3 is 5.97 Å². The zero-order chi connectivity index (χ0) is 14.6. The minimum absolute atomic E-state index is 0.504. The molecule has 0 aliphatic heterocycles. The summed E-state index contributed by atoms with van der Waals surface area (Å²) in [5.41, 5.74) is -0.563. The molecule has 1 aromatic carbocycles. The summed E-state index contributed by atoms with van der Waals surface area (Å²) >= 11 is 0. The molecule has 0 amide bonds. The highest BCUT2D eigenvalue weighted by molar-refractivity contribution is 7.89. The van der Waals surface area contributed by atoms with Crippen molar-refractivity contribution in [1.29, 1.82) is 0 Å². The van der Waals surface area contributed by atoms with Gasteiger partial charge in [0.05, 0.1) is 12.0 Å². The maximum Gasteiger partial charge on any atom is 0.323 e. The summed E-state index contributed by atoms with van der Waals surface area (Å²) in [7, 11) is -3.07. The fourth-order valence-electron chi connectivity index (χ4n) is 1.36. The molecule has 0 heterocycles. The smallest absolute Gasteiger partial charge is 0.323 e. The summed E-state index contributed by atoms with van der Waals surface area (Å²) < 4.78 is 30.3. The van der Waals surface area contributed by atoms with Gasteiger partial charge in [0.1, 0.15) is 6.04 Å².